The van der Waals surface area contributed by atoms with Crippen molar-refractivity contribution in [1.82, 2.24) is 4.72 Å². The molecule has 0 aliphatic heterocycles. The van der Waals surface area contributed by atoms with Crippen molar-refractivity contribution in [2.24, 2.45) is 0 Å². The smallest absolute Gasteiger partial charge is 0.207 e. The molecule has 1 aromatic carbocycles. The first-order chi connectivity index (χ1) is 9.03. The van der Waals surface area contributed by atoms with Gasteiger partial charge < -0.3 is 0 Å². The largest absolute Gasteiger partial charge is 0.240 e. The van der Waals surface area contributed by atoms with E-state index in [1.807, 2.05) is 11.4 Å². The van der Waals surface area contributed by atoms with Gasteiger partial charge in [0.2, 0.25) is 10.0 Å². The van der Waals surface area contributed by atoms with Crippen molar-refractivity contribution in [3.05, 3.63) is 50.6 Å². The van der Waals surface area contributed by atoms with E-state index in [-0.39, 0.29) is 4.90 Å². The molecule has 0 bridgehead atoms. The summed E-state index contributed by atoms with van der Waals surface area (Å²) in [6, 6.07) is 8.64. The second-order valence-corrected chi connectivity index (χ2v) is 7.68. The second kappa shape index (κ2) is 6.17. The summed E-state index contributed by atoms with van der Waals surface area (Å²) in [5.74, 6) is 0. The summed E-state index contributed by atoms with van der Waals surface area (Å²) in [6.45, 7) is 2.41. The Kier molecular flexibility index (Phi) is 4.78. The minimum atomic E-state index is -3.44. The van der Waals surface area contributed by atoms with Gasteiger partial charge in [0.15, 0.2) is 0 Å². The number of benzene rings is 1. The van der Waals surface area contributed by atoms with E-state index in [9.17, 15) is 8.42 Å². The molecule has 0 fully saturated rings. The van der Waals surface area contributed by atoms with Crippen LogP contribution in [0.15, 0.2) is 45.1 Å². The van der Waals surface area contributed by atoms with Gasteiger partial charge in [-0.3, -0.25) is 0 Å². The Labute approximate surface area is 125 Å². The van der Waals surface area contributed by atoms with E-state index < -0.39 is 10.0 Å². The minimum absolute atomic E-state index is 0.283. The Balaban J connectivity index is 2.12. The molecule has 1 aromatic heterocycles. The van der Waals surface area contributed by atoms with Gasteiger partial charge in [0, 0.05) is 15.9 Å². The van der Waals surface area contributed by atoms with Crippen LogP contribution >= 0.6 is 27.3 Å². The van der Waals surface area contributed by atoms with E-state index in [0.29, 0.717) is 6.54 Å². The zero-order valence-corrected chi connectivity index (χ0v) is 13.6. The Morgan fingerprint density at radius 3 is 2.53 bits per heavy atom. The average Bonchev–Trinajstić information content (AvgIpc) is 2.84. The lowest BCUT2D eigenvalue weighted by molar-refractivity contribution is 0.581. The summed E-state index contributed by atoms with van der Waals surface area (Å²) in [6.07, 6.45) is 0.916. The van der Waals surface area contributed by atoms with E-state index >= 15 is 0 Å². The number of sulfonamides is 1. The number of aryl methyl sites for hydroxylation is 1. The monoisotopic (exact) mass is 359 g/mol. The topological polar surface area (TPSA) is 46.2 Å². The maximum Gasteiger partial charge on any atom is 0.240 e. The lowest BCUT2D eigenvalue weighted by atomic mass is 10.2. The number of thiophene rings is 1. The van der Waals surface area contributed by atoms with Crippen molar-refractivity contribution in [2.75, 3.05) is 0 Å². The van der Waals surface area contributed by atoms with Crippen molar-refractivity contribution in [3.63, 3.8) is 0 Å². The van der Waals surface area contributed by atoms with E-state index in [1.165, 1.54) is 5.56 Å². The minimum Gasteiger partial charge on any atom is -0.207 e. The first kappa shape index (κ1) is 14.7. The fraction of sp³-hybridized carbons (Fsp3) is 0.231. The molecule has 0 aliphatic rings. The number of hydrogen-bond donors (Lipinski definition) is 1. The summed E-state index contributed by atoms with van der Waals surface area (Å²) >= 11 is 4.87. The Hall–Kier alpha value is -0.690. The van der Waals surface area contributed by atoms with Crippen LogP contribution in [0.4, 0.5) is 0 Å². The lowest BCUT2D eigenvalue weighted by Gasteiger charge is -2.07. The molecule has 0 amide bonds. The fourth-order valence-electron chi connectivity index (χ4n) is 1.69. The zero-order chi connectivity index (χ0) is 13.9. The van der Waals surface area contributed by atoms with E-state index in [4.69, 9.17) is 0 Å². The molecule has 0 atom stereocenters. The van der Waals surface area contributed by atoms with Gasteiger partial charge in [-0.2, -0.15) is 0 Å². The summed E-state index contributed by atoms with van der Waals surface area (Å²) in [5.41, 5.74) is 1.20. The standard InChI is InChI=1S/C13H14BrNO2S2/c1-2-10-7-8-18-13(10)9-15-19(16,17)12-5-3-11(14)4-6-12/h3-8,15H,2,9H2,1H3. The number of halogens is 1. The van der Waals surface area contributed by atoms with Crippen LogP contribution < -0.4 is 4.72 Å². The number of hydrogen-bond acceptors (Lipinski definition) is 3. The van der Waals surface area contributed by atoms with Crippen molar-refractivity contribution < 1.29 is 8.42 Å². The summed E-state index contributed by atoms with van der Waals surface area (Å²) in [5, 5.41) is 1.99. The highest BCUT2D eigenvalue weighted by molar-refractivity contribution is 9.10. The average molecular weight is 360 g/mol. The normalized spacial score (nSPS) is 11.7. The highest BCUT2D eigenvalue weighted by Gasteiger charge is 2.14. The van der Waals surface area contributed by atoms with Gasteiger partial charge in [-0.25, -0.2) is 13.1 Å². The molecule has 0 unspecified atom stereocenters. The summed E-state index contributed by atoms with van der Waals surface area (Å²) < 4.78 is 27.7. The summed E-state index contributed by atoms with van der Waals surface area (Å²) in [4.78, 5) is 1.36. The van der Waals surface area contributed by atoms with Crippen LogP contribution in [0, 0.1) is 0 Å². The van der Waals surface area contributed by atoms with Gasteiger partial charge in [0.05, 0.1) is 4.90 Å². The fourth-order valence-corrected chi connectivity index (χ4v) is 3.96. The van der Waals surface area contributed by atoms with Crippen molar-refractivity contribution in [3.8, 4) is 0 Å². The Bertz CT molecular complexity index is 648. The summed E-state index contributed by atoms with van der Waals surface area (Å²) in [7, 11) is -3.44. The van der Waals surface area contributed by atoms with Crippen LogP contribution in [0.3, 0.4) is 0 Å². The Morgan fingerprint density at radius 1 is 1.21 bits per heavy atom. The van der Waals surface area contributed by atoms with Crippen LogP contribution in [-0.4, -0.2) is 8.42 Å². The van der Waals surface area contributed by atoms with Gasteiger partial charge in [0.25, 0.3) is 0 Å². The van der Waals surface area contributed by atoms with Crippen LogP contribution in [0.5, 0.6) is 0 Å². The van der Waals surface area contributed by atoms with Crippen LogP contribution in [0.1, 0.15) is 17.4 Å². The quantitative estimate of drug-likeness (QED) is 0.886. The van der Waals surface area contributed by atoms with Gasteiger partial charge >= 0.3 is 0 Å². The predicted octanol–water partition coefficient (Wildman–Crippen LogP) is 3.55. The third-order valence-electron chi connectivity index (χ3n) is 2.77. The predicted molar refractivity (Wildman–Crippen MR) is 81.9 cm³/mol. The molecule has 0 spiro atoms. The SMILES string of the molecule is CCc1ccsc1CNS(=O)(=O)c1ccc(Br)cc1. The van der Waals surface area contributed by atoms with Crippen molar-refractivity contribution >= 4 is 37.3 Å². The third kappa shape index (κ3) is 3.66. The zero-order valence-electron chi connectivity index (χ0n) is 10.4. The van der Waals surface area contributed by atoms with E-state index in [2.05, 4.69) is 27.6 Å². The molecular formula is C13H14BrNO2S2. The number of nitrogens with one attached hydrogen (secondary N) is 1. The first-order valence-corrected chi connectivity index (χ1v) is 8.99. The molecular weight excluding hydrogens is 346 g/mol. The van der Waals surface area contributed by atoms with E-state index in [1.54, 1.807) is 35.6 Å². The molecule has 0 saturated heterocycles. The molecule has 1 heterocycles. The van der Waals surface area contributed by atoms with Crippen molar-refractivity contribution in [2.45, 2.75) is 24.8 Å². The molecule has 19 heavy (non-hydrogen) atoms. The highest BCUT2D eigenvalue weighted by atomic mass is 79.9. The molecule has 102 valence electrons. The highest BCUT2D eigenvalue weighted by Crippen LogP contribution is 2.19. The van der Waals surface area contributed by atoms with E-state index in [0.717, 1.165) is 15.8 Å². The third-order valence-corrected chi connectivity index (χ3v) is 5.67. The van der Waals surface area contributed by atoms with Crippen LogP contribution in [0.2, 0.25) is 0 Å². The van der Waals surface area contributed by atoms with Gasteiger partial charge in [-0.15, -0.1) is 11.3 Å². The van der Waals surface area contributed by atoms with Crippen LogP contribution in [0.25, 0.3) is 0 Å². The molecule has 0 radical (unpaired) electrons. The first-order valence-electron chi connectivity index (χ1n) is 5.83. The number of rotatable bonds is 5. The molecule has 2 aromatic rings. The van der Waals surface area contributed by atoms with Gasteiger partial charge in [-0.05, 0) is 47.7 Å². The van der Waals surface area contributed by atoms with Crippen LogP contribution in [-0.2, 0) is 23.0 Å². The Morgan fingerprint density at radius 2 is 1.89 bits per heavy atom. The molecule has 0 aliphatic carbocycles. The molecule has 6 heteroatoms. The molecule has 3 nitrogen and oxygen atoms in total. The molecule has 0 saturated carbocycles. The molecule has 1 N–H and O–H groups in total. The van der Waals surface area contributed by atoms with Crippen molar-refractivity contribution in [1.29, 1.82) is 0 Å². The molecule has 2 rings (SSSR count). The van der Waals surface area contributed by atoms with Gasteiger partial charge in [0.1, 0.15) is 0 Å². The maximum absolute atomic E-state index is 12.1. The second-order valence-electron chi connectivity index (χ2n) is 4.00. The maximum atomic E-state index is 12.1. The lowest BCUT2D eigenvalue weighted by Crippen LogP contribution is -2.23. The van der Waals surface area contributed by atoms with Gasteiger partial charge in [-0.1, -0.05) is 22.9 Å².